The van der Waals surface area contributed by atoms with Gasteiger partial charge in [0.05, 0.1) is 31.7 Å². The van der Waals surface area contributed by atoms with E-state index in [-0.39, 0.29) is 11.9 Å². The Morgan fingerprint density at radius 3 is 2.35 bits per heavy atom. The zero-order valence-electron chi connectivity index (χ0n) is 25.4. The minimum absolute atomic E-state index is 0.185. The number of nitrogen functional groups attached to an aromatic ring is 1. The third kappa shape index (κ3) is 8.24. The standard InChI is InChI=1S/C30H43N7O5S/c1-20(16-21-9-10-24(40-2)27(17-21)43(32)39)33-11-7-5-6-8-28(38)36-12-14-37(15-13-36)30-34-23-19-26(42-4)25(41-3)18-22(23)29(31)35-30/h9-10,17-20,33H,5-8,11-16,32H2,1-4H3,(H2,31,34,35). The predicted molar refractivity (Wildman–Crippen MR) is 169 cm³/mol. The van der Waals surface area contributed by atoms with Gasteiger partial charge in [-0.2, -0.15) is 4.98 Å². The number of methoxy groups -OCH3 is 3. The fraction of sp³-hybridized carbons (Fsp3) is 0.500. The number of benzene rings is 2. The van der Waals surface area contributed by atoms with E-state index >= 15 is 0 Å². The average Bonchev–Trinajstić information content (AvgIpc) is 3.01. The molecule has 1 fully saturated rings. The maximum Gasteiger partial charge on any atom is 0.228 e. The number of ether oxygens (including phenoxy) is 3. The molecule has 4 rings (SSSR count). The monoisotopic (exact) mass is 613 g/mol. The molecule has 3 aromatic rings. The first-order chi connectivity index (χ1) is 20.7. The van der Waals surface area contributed by atoms with Crippen LogP contribution < -0.4 is 35.3 Å². The van der Waals surface area contributed by atoms with Crippen molar-refractivity contribution in [2.45, 2.75) is 50.0 Å². The van der Waals surface area contributed by atoms with Gasteiger partial charge >= 0.3 is 0 Å². The van der Waals surface area contributed by atoms with E-state index in [9.17, 15) is 9.00 Å². The lowest BCUT2D eigenvalue weighted by molar-refractivity contribution is -0.131. The van der Waals surface area contributed by atoms with Gasteiger partial charge in [0, 0.05) is 50.1 Å². The van der Waals surface area contributed by atoms with E-state index < -0.39 is 11.0 Å². The van der Waals surface area contributed by atoms with Crippen LogP contribution in [0.2, 0.25) is 0 Å². The second-order valence-electron chi connectivity index (χ2n) is 10.7. The van der Waals surface area contributed by atoms with Gasteiger partial charge in [0.2, 0.25) is 11.9 Å². The van der Waals surface area contributed by atoms with Gasteiger partial charge in [0.1, 0.15) is 22.6 Å². The van der Waals surface area contributed by atoms with E-state index in [1.54, 1.807) is 33.5 Å². The average molecular weight is 614 g/mol. The molecule has 2 atom stereocenters. The van der Waals surface area contributed by atoms with Gasteiger partial charge in [-0.05, 0) is 56.5 Å². The van der Waals surface area contributed by atoms with Gasteiger partial charge in [-0.25, -0.2) is 14.3 Å². The highest BCUT2D eigenvalue weighted by Gasteiger charge is 2.23. The number of carbonyl (C=O) groups excluding carboxylic acids is 1. The van der Waals surface area contributed by atoms with Crippen molar-refractivity contribution in [1.82, 2.24) is 20.2 Å². The lowest BCUT2D eigenvalue weighted by Gasteiger charge is -2.35. The van der Waals surface area contributed by atoms with Gasteiger partial charge in [-0.1, -0.05) is 12.5 Å². The van der Waals surface area contributed by atoms with Crippen molar-refractivity contribution in [3.63, 3.8) is 0 Å². The molecule has 43 heavy (non-hydrogen) atoms. The molecule has 5 N–H and O–H groups in total. The topological polar surface area (TPSA) is 158 Å². The largest absolute Gasteiger partial charge is 0.495 e. The van der Waals surface area contributed by atoms with Gasteiger partial charge in [-0.3, -0.25) is 4.79 Å². The number of amides is 1. The number of unbranched alkanes of at least 4 members (excludes halogenated alkanes) is 2. The summed E-state index contributed by atoms with van der Waals surface area (Å²) in [6, 6.07) is 9.45. The summed E-state index contributed by atoms with van der Waals surface area (Å²) in [7, 11) is 3.10. The number of nitrogens with zero attached hydrogens (tertiary/aromatic N) is 4. The van der Waals surface area contributed by atoms with Crippen LogP contribution in [0.4, 0.5) is 11.8 Å². The second-order valence-corrected chi connectivity index (χ2v) is 11.7. The molecule has 13 heteroatoms. The molecular formula is C30H43N7O5S. The fourth-order valence-corrected chi connectivity index (χ4v) is 5.90. The van der Waals surface area contributed by atoms with Crippen LogP contribution in [0.3, 0.4) is 0 Å². The van der Waals surface area contributed by atoms with E-state index in [4.69, 9.17) is 30.1 Å². The number of rotatable bonds is 14. The summed E-state index contributed by atoms with van der Waals surface area (Å²) >= 11 is 0. The summed E-state index contributed by atoms with van der Waals surface area (Å²) in [4.78, 5) is 26.6. The number of carbonyl (C=O) groups is 1. The van der Waals surface area contributed by atoms with E-state index in [0.29, 0.717) is 77.4 Å². The molecule has 234 valence electrons. The van der Waals surface area contributed by atoms with Crippen molar-refractivity contribution in [3.8, 4) is 17.2 Å². The van der Waals surface area contributed by atoms with Crippen molar-refractivity contribution < 1.29 is 23.2 Å². The van der Waals surface area contributed by atoms with Gasteiger partial charge in [-0.15, -0.1) is 0 Å². The Balaban J connectivity index is 1.16. The Bertz CT molecular complexity index is 1430. The van der Waals surface area contributed by atoms with Crippen LogP contribution in [0.5, 0.6) is 17.2 Å². The smallest absolute Gasteiger partial charge is 0.228 e. The Morgan fingerprint density at radius 2 is 1.67 bits per heavy atom. The van der Waals surface area contributed by atoms with E-state index in [1.165, 1.54) is 0 Å². The van der Waals surface area contributed by atoms with Crippen molar-refractivity contribution in [2.75, 3.05) is 64.7 Å². The molecule has 1 amide bonds. The Labute approximate surface area is 255 Å². The van der Waals surface area contributed by atoms with Crippen molar-refractivity contribution in [2.24, 2.45) is 5.14 Å². The van der Waals surface area contributed by atoms with E-state index in [1.807, 2.05) is 23.1 Å². The van der Waals surface area contributed by atoms with Crippen LogP contribution in [-0.4, -0.2) is 85.1 Å². The minimum Gasteiger partial charge on any atom is -0.495 e. The van der Waals surface area contributed by atoms with Gasteiger partial charge < -0.3 is 35.1 Å². The van der Waals surface area contributed by atoms with Crippen molar-refractivity contribution >= 4 is 39.6 Å². The molecule has 0 bridgehead atoms. The van der Waals surface area contributed by atoms with Gasteiger partial charge in [0.25, 0.3) is 0 Å². The molecule has 1 aliphatic rings. The maximum atomic E-state index is 12.8. The molecule has 0 radical (unpaired) electrons. The predicted octanol–water partition coefficient (Wildman–Crippen LogP) is 2.65. The highest BCUT2D eigenvalue weighted by atomic mass is 32.2. The van der Waals surface area contributed by atoms with Crippen molar-refractivity contribution in [3.05, 3.63) is 35.9 Å². The lowest BCUT2D eigenvalue weighted by Crippen LogP contribution is -2.49. The molecule has 0 aliphatic carbocycles. The van der Waals surface area contributed by atoms with Gasteiger partial charge in [0.15, 0.2) is 11.5 Å². The molecule has 2 unspecified atom stereocenters. The molecule has 0 spiro atoms. The van der Waals surface area contributed by atoms with Crippen LogP contribution in [0.15, 0.2) is 35.2 Å². The summed E-state index contributed by atoms with van der Waals surface area (Å²) < 4.78 is 27.8. The van der Waals surface area contributed by atoms with E-state index in [2.05, 4.69) is 22.1 Å². The Hall–Kier alpha value is -3.68. The first-order valence-corrected chi connectivity index (χ1v) is 15.7. The third-order valence-corrected chi connectivity index (χ3v) is 8.43. The molecule has 0 saturated carbocycles. The van der Waals surface area contributed by atoms with Crippen LogP contribution in [-0.2, 0) is 22.2 Å². The summed E-state index contributed by atoms with van der Waals surface area (Å²) in [6.07, 6.45) is 4.15. The van der Waals surface area contributed by atoms with Crippen LogP contribution in [0.25, 0.3) is 10.9 Å². The molecule has 12 nitrogen and oxygen atoms in total. The lowest BCUT2D eigenvalue weighted by atomic mass is 10.1. The summed E-state index contributed by atoms with van der Waals surface area (Å²) in [5, 5.41) is 9.82. The van der Waals surface area contributed by atoms with Crippen LogP contribution in [0, 0.1) is 0 Å². The maximum absolute atomic E-state index is 12.8. The number of anilines is 2. The first kappa shape index (κ1) is 32.2. The van der Waals surface area contributed by atoms with Crippen molar-refractivity contribution in [1.29, 1.82) is 0 Å². The number of hydrogen-bond donors (Lipinski definition) is 3. The summed E-state index contributed by atoms with van der Waals surface area (Å²) in [6.45, 7) is 5.52. The molecule has 1 saturated heterocycles. The fourth-order valence-electron chi connectivity index (χ4n) is 5.28. The number of nitrogens with two attached hydrogens (primary N) is 2. The first-order valence-electron chi connectivity index (χ1n) is 14.5. The minimum atomic E-state index is -1.60. The number of aromatic nitrogens is 2. The highest BCUT2D eigenvalue weighted by molar-refractivity contribution is 7.82. The zero-order valence-corrected chi connectivity index (χ0v) is 26.2. The molecule has 2 aromatic carbocycles. The quantitative estimate of drug-likeness (QED) is 0.231. The van der Waals surface area contributed by atoms with Crippen LogP contribution in [0.1, 0.15) is 38.2 Å². The molecular weight excluding hydrogens is 570 g/mol. The number of nitrogens with one attached hydrogen (secondary N) is 1. The molecule has 2 heterocycles. The number of fused-ring (bicyclic) bond motifs is 1. The van der Waals surface area contributed by atoms with E-state index in [0.717, 1.165) is 37.8 Å². The number of hydrogen-bond acceptors (Lipinski definition) is 10. The SMILES string of the molecule is COc1cc2nc(N3CCN(C(=O)CCCCCNC(C)Cc4ccc(OC)c(S(N)=O)c4)CC3)nc(N)c2cc1OC. The zero-order chi connectivity index (χ0) is 30.9. The normalized spacial score (nSPS) is 14.9. The third-order valence-electron chi connectivity index (χ3n) is 7.68. The number of piperazine rings is 1. The van der Waals surface area contributed by atoms with Crippen LogP contribution >= 0.6 is 0 Å². The molecule has 1 aliphatic heterocycles. The molecule has 1 aromatic heterocycles. The Kier molecular flexibility index (Phi) is 11.4. The summed E-state index contributed by atoms with van der Waals surface area (Å²) in [5.41, 5.74) is 7.99. The Morgan fingerprint density at radius 1 is 0.977 bits per heavy atom. The summed E-state index contributed by atoms with van der Waals surface area (Å²) in [5.74, 6) is 2.80. The highest BCUT2D eigenvalue weighted by Crippen LogP contribution is 2.34. The second kappa shape index (κ2) is 15.2.